The molecule has 0 saturated heterocycles. The minimum absolute atomic E-state index is 0.0366. The largest absolute Gasteiger partial charge is 0.480 e. The summed E-state index contributed by atoms with van der Waals surface area (Å²) in [5.74, 6) is -0.439. The molecule has 0 aliphatic heterocycles. The predicted octanol–water partition coefficient (Wildman–Crippen LogP) is 1.55. The Bertz CT molecular complexity index is 540. The van der Waals surface area contributed by atoms with Gasteiger partial charge < -0.3 is 10.4 Å². The van der Waals surface area contributed by atoms with Crippen molar-refractivity contribution < 1.29 is 14.7 Å². The summed E-state index contributed by atoms with van der Waals surface area (Å²) in [6, 6.07) is 7.45. The van der Waals surface area contributed by atoms with Gasteiger partial charge in [0.2, 0.25) is 5.91 Å². The molecule has 100 valence electrons. The molecular weight excluding hydrogens is 242 g/mol. The fourth-order valence-corrected chi connectivity index (χ4v) is 3.30. The lowest BCUT2D eigenvalue weighted by atomic mass is 9.92. The van der Waals surface area contributed by atoms with Crippen molar-refractivity contribution in [2.24, 2.45) is 11.8 Å². The first-order valence-corrected chi connectivity index (χ1v) is 6.70. The van der Waals surface area contributed by atoms with Gasteiger partial charge in [0.15, 0.2) is 0 Å². The molecule has 2 N–H and O–H groups in total. The number of carbonyl (C=O) groups excluding carboxylic acids is 1. The van der Waals surface area contributed by atoms with Gasteiger partial charge >= 0.3 is 5.97 Å². The highest BCUT2D eigenvalue weighted by Gasteiger charge is 2.57. The normalized spacial score (nSPS) is 28.8. The Balaban J connectivity index is 1.74. The molecule has 1 aromatic carbocycles. The molecule has 2 aliphatic carbocycles. The smallest absolute Gasteiger partial charge is 0.325 e. The third-order valence-corrected chi connectivity index (χ3v) is 4.36. The van der Waals surface area contributed by atoms with Gasteiger partial charge in [-0.15, -0.1) is 0 Å². The summed E-state index contributed by atoms with van der Waals surface area (Å²) in [7, 11) is 0. The number of fused-ring (bicyclic) bond motifs is 3. The number of hydrogen-bond donors (Lipinski definition) is 2. The SMILES string of the molecule is C[C@@H](NC(=O)C1C2CCc3ccccc3C21)C(=O)O. The zero-order valence-corrected chi connectivity index (χ0v) is 10.8. The number of amides is 1. The van der Waals surface area contributed by atoms with Crippen LogP contribution < -0.4 is 5.32 Å². The topological polar surface area (TPSA) is 66.4 Å². The van der Waals surface area contributed by atoms with Crippen molar-refractivity contribution >= 4 is 11.9 Å². The van der Waals surface area contributed by atoms with Gasteiger partial charge in [0.1, 0.15) is 6.04 Å². The van der Waals surface area contributed by atoms with Crippen LogP contribution in [0.3, 0.4) is 0 Å². The quantitative estimate of drug-likeness (QED) is 0.865. The summed E-state index contributed by atoms with van der Waals surface area (Å²) >= 11 is 0. The van der Waals surface area contributed by atoms with E-state index in [2.05, 4.69) is 17.4 Å². The fourth-order valence-electron chi connectivity index (χ4n) is 3.30. The van der Waals surface area contributed by atoms with Crippen molar-refractivity contribution in [1.82, 2.24) is 5.32 Å². The lowest BCUT2D eigenvalue weighted by molar-refractivity contribution is -0.141. The number of carbonyl (C=O) groups is 2. The summed E-state index contributed by atoms with van der Waals surface area (Å²) in [5.41, 5.74) is 2.62. The van der Waals surface area contributed by atoms with E-state index in [1.54, 1.807) is 0 Å². The van der Waals surface area contributed by atoms with Gasteiger partial charge in [0.25, 0.3) is 0 Å². The van der Waals surface area contributed by atoms with Gasteiger partial charge in [0.05, 0.1) is 0 Å². The van der Waals surface area contributed by atoms with Crippen molar-refractivity contribution in [2.45, 2.75) is 31.7 Å². The van der Waals surface area contributed by atoms with E-state index in [0.717, 1.165) is 12.8 Å². The third-order valence-electron chi connectivity index (χ3n) is 4.36. The van der Waals surface area contributed by atoms with Crippen LogP contribution in [0.25, 0.3) is 0 Å². The molecule has 1 saturated carbocycles. The van der Waals surface area contributed by atoms with Crippen LogP contribution in [0.2, 0.25) is 0 Å². The van der Waals surface area contributed by atoms with Crippen LogP contribution >= 0.6 is 0 Å². The predicted molar refractivity (Wildman–Crippen MR) is 69.7 cm³/mol. The first kappa shape index (κ1) is 12.2. The number of nitrogens with one attached hydrogen (secondary N) is 1. The van der Waals surface area contributed by atoms with Crippen molar-refractivity contribution in [3.63, 3.8) is 0 Å². The van der Waals surface area contributed by atoms with E-state index in [-0.39, 0.29) is 11.8 Å². The van der Waals surface area contributed by atoms with E-state index in [9.17, 15) is 9.59 Å². The zero-order valence-electron chi connectivity index (χ0n) is 10.8. The lowest BCUT2D eigenvalue weighted by Crippen LogP contribution is -2.39. The molecule has 0 aromatic heterocycles. The molecular formula is C15H17NO3. The fraction of sp³-hybridized carbons (Fsp3) is 0.467. The summed E-state index contributed by atoms with van der Waals surface area (Å²) < 4.78 is 0. The first-order valence-electron chi connectivity index (χ1n) is 6.70. The molecule has 4 heteroatoms. The molecule has 0 radical (unpaired) electrons. The Hall–Kier alpha value is -1.84. The molecule has 3 unspecified atom stereocenters. The molecule has 4 nitrogen and oxygen atoms in total. The van der Waals surface area contributed by atoms with Gasteiger partial charge in [-0.25, -0.2) is 0 Å². The van der Waals surface area contributed by atoms with E-state index >= 15 is 0 Å². The Morgan fingerprint density at radius 1 is 1.37 bits per heavy atom. The van der Waals surface area contributed by atoms with Gasteiger partial charge in [-0.1, -0.05) is 24.3 Å². The van der Waals surface area contributed by atoms with Crippen LogP contribution in [0.4, 0.5) is 0 Å². The van der Waals surface area contributed by atoms with E-state index in [0.29, 0.717) is 11.8 Å². The summed E-state index contributed by atoms with van der Waals surface area (Å²) in [4.78, 5) is 22.9. The molecule has 19 heavy (non-hydrogen) atoms. The van der Waals surface area contributed by atoms with Crippen molar-refractivity contribution in [3.8, 4) is 0 Å². The molecule has 3 rings (SSSR count). The van der Waals surface area contributed by atoms with Crippen molar-refractivity contribution in [3.05, 3.63) is 35.4 Å². The van der Waals surface area contributed by atoms with E-state index < -0.39 is 12.0 Å². The maximum atomic E-state index is 12.1. The number of aliphatic carboxylic acids is 1. The van der Waals surface area contributed by atoms with Crippen LogP contribution in [0.5, 0.6) is 0 Å². The van der Waals surface area contributed by atoms with Crippen molar-refractivity contribution in [1.29, 1.82) is 0 Å². The standard InChI is InChI=1S/C15H17NO3/c1-8(15(18)19)16-14(17)13-11-7-6-9-4-2-3-5-10(9)12(11)13/h2-5,8,11-13H,6-7H2,1H3,(H,16,17)(H,18,19)/t8-,11?,12?,13?/m1/s1. The highest BCUT2D eigenvalue weighted by Crippen LogP contribution is 2.59. The van der Waals surface area contributed by atoms with E-state index in [1.165, 1.54) is 18.1 Å². The van der Waals surface area contributed by atoms with Crippen LogP contribution in [0, 0.1) is 11.8 Å². The summed E-state index contributed by atoms with van der Waals surface area (Å²) in [6.07, 6.45) is 2.05. The summed E-state index contributed by atoms with van der Waals surface area (Å²) in [6.45, 7) is 1.50. The maximum Gasteiger partial charge on any atom is 0.325 e. The minimum atomic E-state index is -0.989. The number of carboxylic acids is 1. The highest BCUT2D eigenvalue weighted by atomic mass is 16.4. The lowest BCUT2D eigenvalue weighted by Gasteiger charge is -2.13. The Morgan fingerprint density at radius 2 is 2.11 bits per heavy atom. The third kappa shape index (κ3) is 2.01. The molecule has 0 spiro atoms. The first-order chi connectivity index (χ1) is 9.09. The second kappa shape index (κ2) is 4.37. The molecule has 2 aliphatic rings. The van der Waals surface area contributed by atoms with Crippen LogP contribution in [-0.2, 0) is 16.0 Å². The molecule has 0 bridgehead atoms. The molecule has 1 fully saturated rings. The van der Waals surface area contributed by atoms with Crippen LogP contribution in [-0.4, -0.2) is 23.0 Å². The second-order valence-corrected chi connectivity index (χ2v) is 5.52. The molecule has 1 amide bonds. The average Bonchev–Trinajstić information content (AvgIpc) is 3.13. The van der Waals surface area contributed by atoms with Crippen LogP contribution in [0.1, 0.15) is 30.4 Å². The number of aryl methyl sites for hydroxylation is 1. The van der Waals surface area contributed by atoms with Crippen molar-refractivity contribution in [2.75, 3.05) is 0 Å². The van der Waals surface area contributed by atoms with Gasteiger partial charge in [-0.3, -0.25) is 9.59 Å². The number of carboxylic acid groups (broad SMARTS) is 1. The number of hydrogen-bond acceptors (Lipinski definition) is 2. The summed E-state index contributed by atoms with van der Waals surface area (Å²) in [5, 5.41) is 11.4. The van der Waals surface area contributed by atoms with Gasteiger partial charge in [-0.05, 0) is 42.7 Å². The highest BCUT2D eigenvalue weighted by molar-refractivity contribution is 5.88. The Morgan fingerprint density at radius 3 is 2.84 bits per heavy atom. The number of rotatable bonds is 3. The zero-order chi connectivity index (χ0) is 13.6. The van der Waals surface area contributed by atoms with Gasteiger partial charge in [-0.2, -0.15) is 0 Å². The molecule has 4 atom stereocenters. The van der Waals surface area contributed by atoms with E-state index in [1.807, 2.05) is 12.1 Å². The van der Waals surface area contributed by atoms with Gasteiger partial charge in [0, 0.05) is 5.92 Å². The Labute approximate surface area is 111 Å². The minimum Gasteiger partial charge on any atom is -0.480 e. The molecule has 1 aromatic rings. The average molecular weight is 259 g/mol. The second-order valence-electron chi connectivity index (χ2n) is 5.52. The Kier molecular flexibility index (Phi) is 2.81. The van der Waals surface area contributed by atoms with Crippen LogP contribution in [0.15, 0.2) is 24.3 Å². The maximum absolute atomic E-state index is 12.1. The van der Waals surface area contributed by atoms with E-state index in [4.69, 9.17) is 5.11 Å². The monoisotopic (exact) mass is 259 g/mol. The number of benzene rings is 1. The molecule has 0 heterocycles.